The Morgan fingerprint density at radius 2 is 1.45 bits per heavy atom. The van der Waals surface area contributed by atoms with Crippen molar-refractivity contribution in [1.82, 2.24) is 4.98 Å². The molecule has 154 valence electrons. The van der Waals surface area contributed by atoms with E-state index in [2.05, 4.69) is 34.6 Å². The van der Waals surface area contributed by atoms with E-state index in [1.54, 1.807) is 24.4 Å². The Morgan fingerprint density at radius 1 is 0.839 bits per heavy atom. The second kappa shape index (κ2) is 9.22. The zero-order chi connectivity index (χ0) is 21.6. The fraction of sp³-hybridized carbons (Fsp3) is 0.115. The van der Waals surface area contributed by atoms with E-state index in [-0.39, 0.29) is 22.6 Å². The third-order valence-electron chi connectivity index (χ3n) is 5.33. The summed E-state index contributed by atoms with van der Waals surface area (Å²) in [5.74, 6) is -0.152. The number of hydrogen-bond donors (Lipinski definition) is 1. The molecule has 0 radical (unpaired) electrons. The summed E-state index contributed by atoms with van der Waals surface area (Å²) in [5, 5.41) is 15.1. The number of nitro benzene ring substituents is 1. The van der Waals surface area contributed by atoms with Crippen LogP contribution in [0, 0.1) is 10.1 Å². The average Bonchev–Trinajstić information content (AvgIpc) is 2.82. The Kier molecular flexibility index (Phi) is 6.03. The lowest BCUT2D eigenvalue weighted by atomic mass is 9.84. The third kappa shape index (κ3) is 4.61. The second-order valence-electron chi connectivity index (χ2n) is 7.40. The normalized spacial score (nSPS) is 11.8. The molecule has 1 atom stereocenters. The largest absolute Gasteiger partial charge is 0.377 e. The van der Waals surface area contributed by atoms with Gasteiger partial charge in [-0.1, -0.05) is 66.7 Å². The van der Waals surface area contributed by atoms with Crippen LogP contribution in [0.2, 0.25) is 0 Å². The minimum Gasteiger partial charge on any atom is -0.377 e. The first-order chi connectivity index (χ1) is 15.1. The number of nitro groups is 1. The number of aromatic nitrogens is 1. The molecule has 1 aromatic heterocycles. The maximum Gasteiger partial charge on any atom is 0.269 e. The predicted molar refractivity (Wildman–Crippen MR) is 123 cm³/mol. The minimum absolute atomic E-state index is 0.0615. The van der Waals surface area contributed by atoms with Crippen molar-refractivity contribution in [3.8, 4) is 0 Å². The van der Waals surface area contributed by atoms with Crippen molar-refractivity contribution in [3.05, 3.63) is 136 Å². The van der Waals surface area contributed by atoms with Gasteiger partial charge in [-0.25, -0.2) is 0 Å². The van der Waals surface area contributed by atoms with E-state index in [1.165, 1.54) is 0 Å². The van der Waals surface area contributed by atoms with Crippen LogP contribution in [0.25, 0.3) is 0 Å². The van der Waals surface area contributed by atoms with E-state index in [1.807, 2.05) is 61.5 Å². The van der Waals surface area contributed by atoms with Crippen molar-refractivity contribution in [2.24, 2.45) is 0 Å². The molecule has 4 rings (SSSR count). The first kappa shape index (κ1) is 20.3. The number of non-ortho nitro benzene ring substituents is 1. The fourth-order valence-electron chi connectivity index (χ4n) is 3.82. The predicted octanol–water partition coefficient (Wildman–Crippen LogP) is 6.34. The van der Waals surface area contributed by atoms with Gasteiger partial charge in [0, 0.05) is 29.9 Å². The van der Waals surface area contributed by atoms with Crippen LogP contribution in [0.15, 0.2) is 103 Å². The van der Waals surface area contributed by atoms with Crippen LogP contribution in [-0.4, -0.2) is 9.91 Å². The highest BCUT2D eigenvalue weighted by Crippen LogP contribution is 2.39. The van der Waals surface area contributed by atoms with Crippen molar-refractivity contribution in [3.63, 3.8) is 0 Å². The number of rotatable bonds is 7. The van der Waals surface area contributed by atoms with Gasteiger partial charge in [0.25, 0.3) is 5.69 Å². The zero-order valence-corrected chi connectivity index (χ0v) is 17.2. The molecule has 1 unspecified atom stereocenters. The van der Waals surface area contributed by atoms with Gasteiger partial charge in [0.05, 0.1) is 16.7 Å². The Hall–Kier alpha value is -3.99. The topological polar surface area (TPSA) is 68.1 Å². The van der Waals surface area contributed by atoms with Crippen molar-refractivity contribution in [2.75, 3.05) is 5.32 Å². The number of pyridine rings is 1. The van der Waals surface area contributed by atoms with Gasteiger partial charge in [-0.3, -0.25) is 15.1 Å². The zero-order valence-electron chi connectivity index (χ0n) is 17.2. The summed E-state index contributed by atoms with van der Waals surface area (Å²) in [5.41, 5.74) is 4.83. The lowest BCUT2D eigenvalue weighted by Gasteiger charge is -2.24. The van der Waals surface area contributed by atoms with Crippen LogP contribution in [0.3, 0.4) is 0 Å². The van der Waals surface area contributed by atoms with Gasteiger partial charge in [-0.05, 0) is 41.8 Å². The summed E-state index contributed by atoms with van der Waals surface area (Å²) in [6.07, 6.45) is 1.76. The number of nitrogens with zero attached hydrogens (tertiary/aromatic N) is 2. The molecule has 3 aromatic carbocycles. The summed E-state index contributed by atoms with van der Waals surface area (Å²) in [6, 6.07) is 30.9. The standard InChI is InChI=1S/C26H23N3O2/c1-19(24-14-8-9-17-27-24)28-25-16-15-22(29(30)31)18-23(25)26(20-10-4-2-5-11-20)21-12-6-3-7-13-21/h2-19,26,28H,1H3. The molecule has 31 heavy (non-hydrogen) atoms. The summed E-state index contributed by atoms with van der Waals surface area (Å²) >= 11 is 0. The molecule has 0 aliphatic heterocycles. The summed E-state index contributed by atoms with van der Waals surface area (Å²) < 4.78 is 0. The average molecular weight is 409 g/mol. The molecule has 0 aliphatic rings. The van der Waals surface area contributed by atoms with Crippen molar-refractivity contribution in [2.45, 2.75) is 18.9 Å². The van der Waals surface area contributed by atoms with Crippen LogP contribution in [-0.2, 0) is 0 Å². The van der Waals surface area contributed by atoms with Gasteiger partial charge in [0.1, 0.15) is 0 Å². The van der Waals surface area contributed by atoms with E-state index in [0.717, 1.165) is 28.1 Å². The Balaban J connectivity index is 1.85. The van der Waals surface area contributed by atoms with E-state index in [0.29, 0.717) is 0 Å². The quantitative estimate of drug-likeness (QED) is 0.220. The highest BCUT2D eigenvalue weighted by molar-refractivity contribution is 5.62. The molecule has 1 N–H and O–H groups in total. The number of anilines is 1. The summed E-state index contributed by atoms with van der Waals surface area (Å²) in [7, 11) is 0. The lowest BCUT2D eigenvalue weighted by molar-refractivity contribution is -0.384. The Labute approximate surface area is 181 Å². The Bertz CT molecular complexity index is 1110. The molecule has 0 bridgehead atoms. The molecule has 0 fully saturated rings. The summed E-state index contributed by atoms with van der Waals surface area (Å²) in [6.45, 7) is 2.04. The highest BCUT2D eigenvalue weighted by atomic mass is 16.6. The first-order valence-corrected chi connectivity index (χ1v) is 10.2. The van der Waals surface area contributed by atoms with E-state index in [4.69, 9.17) is 0 Å². The molecule has 5 nitrogen and oxygen atoms in total. The molecule has 4 aromatic rings. The van der Waals surface area contributed by atoms with E-state index >= 15 is 0 Å². The van der Waals surface area contributed by atoms with Crippen LogP contribution in [0.4, 0.5) is 11.4 Å². The molecule has 0 saturated heterocycles. The lowest BCUT2D eigenvalue weighted by Crippen LogP contribution is -2.13. The van der Waals surface area contributed by atoms with Gasteiger partial charge < -0.3 is 5.32 Å². The maximum absolute atomic E-state index is 11.6. The van der Waals surface area contributed by atoms with E-state index in [9.17, 15) is 10.1 Å². The van der Waals surface area contributed by atoms with Gasteiger partial charge >= 0.3 is 0 Å². The monoisotopic (exact) mass is 409 g/mol. The van der Waals surface area contributed by atoms with Gasteiger partial charge in [-0.2, -0.15) is 0 Å². The molecular weight excluding hydrogens is 386 g/mol. The number of hydrogen-bond acceptors (Lipinski definition) is 4. The van der Waals surface area contributed by atoms with Gasteiger partial charge in [0.2, 0.25) is 0 Å². The minimum atomic E-state index is -0.345. The molecule has 0 aliphatic carbocycles. The van der Waals surface area contributed by atoms with Crippen molar-refractivity contribution in [1.29, 1.82) is 0 Å². The molecule has 0 spiro atoms. The first-order valence-electron chi connectivity index (χ1n) is 10.2. The smallest absolute Gasteiger partial charge is 0.269 e. The fourth-order valence-corrected chi connectivity index (χ4v) is 3.82. The van der Waals surface area contributed by atoms with Crippen LogP contribution in [0.1, 0.15) is 41.3 Å². The molecule has 5 heteroatoms. The van der Waals surface area contributed by atoms with Crippen molar-refractivity contribution >= 4 is 11.4 Å². The van der Waals surface area contributed by atoms with Gasteiger partial charge in [-0.15, -0.1) is 0 Å². The molecular formula is C26H23N3O2. The van der Waals surface area contributed by atoms with Crippen molar-refractivity contribution < 1.29 is 4.92 Å². The molecule has 0 amide bonds. The molecule has 0 saturated carbocycles. The Morgan fingerprint density at radius 3 is 2.00 bits per heavy atom. The second-order valence-corrected chi connectivity index (χ2v) is 7.40. The van der Waals surface area contributed by atoms with Crippen LogP contribution < -0.4 is 5.32 Å². The molecule has 1 heterocycles. The summed E-state index contributed by atoms with van der Waals surface area (Å²) in [4.78, 5) is 15.7. The van der Waals surface area contributed by atoms with Gasteiger partial charge in [0.15, 0.2) is 0 Å². The maximum atomic E-state index is 11.6. The number of nitrogens with one attached hydrogen (secondary N) is 1. The SMILES string of the molecule is CC(Nc1ccc([N+](=O)[O-])cc1C(c1ccccc1)c1ccccc1)c1ccccn1. The van der Waals surface area contributed by atoms with Crippen LogP contribution >= 0.6 is 0 Å². The third-order valence-corrected chi connectivity index (χ3v) is 5.33. The highest BCUT2D eigenvalue weighted by Gasteiger charge is 2.23. The van der Waals surface area contributed by atoms with E-state index < -0.39 is 0 Å². The number of benzene rings is 3. The van der Waals surface area contributed by atoms with Crippen LogP contribution in [0.5, 0.6) is 0 Å².